The van der Waals surface area contributed by atoms with Gasteiger partial charge in [-0.25, -0.2) is 0 Å². The molecule has 17 heavy (non-hydrogen) atoms. The van der Waals surface area contributed by atoms with Crippen LogP contribution in [0.4, 0.5) is 0 Å². The summed E-state index contributed by atoms with van der Waals surface area (Å²) in [5, 5.41) is 17.6. The molecule has 0 heterocycles. The van der Waals surface area contributed by atoms with Crippen LogP contribution in [0.1, 0.15) is 33.6 Å². The van der Waals surface area contributed by atoms with Gasteiger partial charge in [-0.2, -0.15) is 5.26 Å². The lowest BCUT2D eigenvalue weighted by atomic mass is 9.76. The fourth-order valence-corrected chi connectivity index (χ4v) is 1.32. The van der Waals surface area contributed by atoms with E-state index in [0.717, 1.165) is 0 Å². The summed E-state index contributed by atoms with van der Waals surface area (Å²) >= 11 is 0. The molecule has 0 radical (unpaired) electrons. The molecule has 5 nitrogen and oxygen atoms in total. The standard InChI is InChI=1S/C12H20N2O3/c1-9(2)12(3,11(16)17)8-10(15)14(4)7-5-6-13/h9H,5,7-8H2,1-4H3,(H,16,17). The van der Waals surface area contributed by atoms with Crippen molar-refractivity contribution < 1.29 is 14.7 Å². The zero-order valence-corrected chi connectivity index (χ0v) is 10.9. The van der Waals surface area contributed by atoms with Gasteiger partial charge in [0.05, 0.1) is 17.9 Å². The van der Waals surface area contributed by atoms with E-state index in [1.165, 1.54) is 4.90 Å². The molecule has 0 rings (SSSR count). The van der Waals surface area contributed by atoms with E-state index >= 15 is 0 Å². The van der Waals surface area contributed by atoms with Crippen LogP contribution in [-0.2, 0) is 9.59 Å². The molecule has 0 spiro atoms. The van der Waals surface area contributed by atoms with E-state index in [2.05, 4.69) is 0 Å². The highest BCUT2D eigenvalue weighted by Crippen LogP contribution is 2.31. The maximum Gasteiger partial charge on any atom is 0.310 e. The molecule has 1 atom stereocenters. The summed E-state index contributed by atoms with van der Waals surface area (Å²) in [4.78, 5) is 24.4. The largest absolute Gasteiger partial charge is 0.481 e. The van der Waals surface area contributed by atoms with Crippen molar-refractivity contribution in [1.29, 1.82) is 5.26 Å². The summed E-state index contributed by atoms with van der Waals surface area (Å²) in [7, 11) is 1.59. The summed E-state index contributed by atoms with van der Waals surface area (Å²) in [5.41, 5.74) is -1.06. The monoisotopic (exact) mass is 240 g/mol. The fraction of sp³-hybridized carbons (Fsp3) is 0.750. The van der Waals surface area contributed by atoms with Crippen LogP contribution in [0.2, 0.25) is 0 Å². The third kappa shape index (κ3) is 4.06. The number of nitriles is 1. The molecular formula is C12H20N2O3. The normalized spacial score (nSPS) is 13.9. The summed E-state index contributed by atoms with van der Waals surface area (Å²) in [6, 6.07) is 1.95. The predicted octanol–water partition coefficient (Wildman–Crippen LogP) is 1.50. The van der Waals surface area contributed by atoms with Gasteiger partial charge < -0.3 is 10.0 Å². The van der Waals surface area contributed by atoms with Gasteiger partial charge in [-0.15, -0.1) is 0 Å². The van der Waals surface area contributed by atoms with Gasteiger partial charge in [0.25, 0.3) is 0 Å². The Kier molecular flexibility index (Phi) is 5.66. The first-order valence-electron chi connectivity index (χ1n) is 5.60. The number of carboxylic acids is 1. The summed E-state index contributed by atoms with van der Waals surface area (Å²) in [5.74, 6) is -1.33. The third-order valence-electron chi connectivity index (χ3n) is 3.27. The molecule has 5 heteroatoms. The lowest BCUT2D eigenvalue weighted by Gasteiger charge is -2.30. The number of rotatable bonds is 6. The van der Waals surface area contributed by atoms with Crippen molar-refractivity contribution in [2.75, 3.05) is 13.6 Å². The topological polar surface area (TPSA) is 81.4 Å². The lowest BCUT2D eigenvalue weighted by molar-refractivity contribution is -0.155. The first-order valence-corrected chi connectivity index (χ1v) is 5.60. The van der Waals surface area contributed by atoms with Gasteiger partial charge in [0, 0.05) is 20.0 Å². The number of nitrogens with zero attached hydrogens (tertiary/aromatic N) is 2. The molecule has 0 aliphatic rings. The Bertz CT molecular complexity index is 333. The zero-order valence-electron chi connectivity index (χ0n) is 10.9. The molecule has 0 aromatic carbocycles. The highest BCUT2D eigenvalue weighted by molar-refractivity contribution is 5.84. The maximum atomic E-state index is 11.8. The second-order valence-electron chi connectivity index (χ2n) is 4.78. The maximum absolute atomic E-state index is 11.8. The summed E-state index contributed by atoms with van der Waals surface area (Å²) < 4.78 is 0. The molecule has 0 saturated carbocycles. The lowest BCUT2D eigenvalue weighted by Crippen LogP contribution is -2.40. The smallest absolute Gasteiger partial charge is 0.310 e. The minimum Gasteiger partial charge on any atom is -0.481 e. The van der Waals surface area contributed by atoms with Crippen molar-refractivity contribution in [2.24, 2.45) is 11.3 Å². The SMILES string of the molecule is CC(C)C(C)(CC(=O)N(C)CCC#N)C(=O)O. The second kappa shape index (κ2) is 6.24. The number of hydrogen-bond acceptors (Lipinski definition) is 3. The Morgan fingerprint density at radius 3 is 2.35 bits per heavy atom. The molecule has 1 amide bonds. The van der Waals surface area contributed by atoms with Gasteiger partial charge in [-0.05, 0) is 12.8 Å². The Balaban J connectivity index is 4.64. The highest BCUT2D eigenvalue weighted by atomic mass is 16.4. The van der Waals surface area contributed by atoms with Gasteiger partial charge in [0.1, 0.15) is 0 Å². The van der Waals surface area contributed by atoms with Gasteiger partial charge >= 0.3 is 5.97 Å². The van der Waals surface area contributed by atoms with E-state index in [1.54, 1.807) is 27.8 Å². The summed E-state index contributed by atoms with van der Waals surface area (Å²) in [6.45, 7) is 5.49. The van der Waals surface area contributed by atoms with Crippen LogP contribution in [0.5, 0.6) is 0 Å². The number of carbonyl (C=O) groups excluding carboxylic acids is 1. The van der Waals surface area contributed by atoms with Crippen molar-refractivity contribution in [3.8, 4) is 6.07 Å². The Morgan fingerprint density at radius 2 is 2.00 bits per heavy atom. The van der Waals surface area contributed by atoms with Crippen LogP contribution in [0.3, 0.4) is 0 Å². The van der Waals surface area contributed by atoms with Crippen molar-refractivity contribution in [2.45, 2.75) is 33.6 Å². The molecule has 0 aliphatic heterocycles. The molecule has 96 valence electrons. The first-order chi connectivity index (χ1) is 7.75. The molecule has 0 aromatic rings. The average Bonchev–Trinajstić information content (AvgIpc) is 2.24. The quantitative estimate of drug-likeness (QED) is 0.762. The average molecular weight is 240 g/mol. The van der Waals surface area contributed by atoms with Crippen molar-refractivity contribution in [3.63, 3.8) is 0 Å². The van der Waals surface area contributed by atoms with Crippen LogP contribution in [-0.4, -0.2) is 35.5 Å². The Hall–Kier alpha value is -1.57. The van der Waals surface area contributed by atoms with Crippen LogP contribution in [0.25, 0.3) is 0 Å². The van der Waals surface area contributed by atoms with Crippen LogP contribution < -0.4 is 0 Å². The van der Waals surface area contributed by atoms with E-state index in [0.29, 0.717) is 6.54 Å². The summed E-state index contributed by atoms with van der Waals surface area (Å²) in [6.07, 6.45) is 0.218. The number of carbonyl (C=O) groups is 2. The molecule has 1 N–H and O–H groups in total. The second-order valence-corrected chi connectivity index (χ2v) is 4.78. The van der Waals surface area contributed by atoms with Gasteiger partial charge in [0.2, 0.25) is 5.91 Å². The van der Waals surface area contributed by atoms with Gasteiger partial charge in [-0.3, -0.25) is 9.59 Å². The Labute approximate surface area is 102 Å². The number of amides is 1. The molecule has 0 aromatic heterocycles. The van der Waals surface area contributed by atoms with E-state index in [-0.39, 0.29) is 24.7 Å². The van der Waals surface area contributed by atoms with Crippen LogP contribution in [0, 0.1) is 22.7 Å². The minimum atomic E-state index is -1.06. The third-order valence-corrected chi connectivity index (χ3v) is 3.27. The zero-order chi connectivity index (χ0) is 13.6. The van der Waals surface area contributed by atoms with Crippen molar-refractivity contribution >= 4 is 11.9 Å². The molecular weight excluding hydrogens is 220 g/mol. The fourth-order valence-electron chi connectivity index (χ4n) is 1.32. The molecule has 1 unspecified atom stereocenters. The highest BCUT2D eigenvalue weighted by Gasteiger charge is 2.39. The number of hydrogen-bond donors (Lipinski definition) is 1. The Morgan fingerprint density at radius 1 is 1.47 bits per heavy atom. The molecule has 0 bridgehead atoms. The van der Waals surface area contributed by atoms with Gasteiger partial charge in [0.15, 0.2) is 0 Å². The predicted molar refractivity (Wildman–Crippen MR) is 63.1 cm³/mol. The molecule has 0 aliphatic carbocycles. The van der Waals surface area contributed by atoms with Crippen LogP contribution in [0.15, 0.2) is 0 Å². The number of carboxylic acid groups (broad SMARTS) is 1. The van der Waals surface area contributed by atoms with Crippen molar-refractivity contribution in [1.82, 2.24) is 4.90 Å². The van der Waals surface area contributed by atoms with Gasteiger partial charge in [-0.1, -0.05) is 13.8 Å². The van der Waals surface area contributed by atoms with Crippen LogP contribution >= 0.6 is 0 Å². The van der Waals surface area contributed by atoms with E-state index in [1.807, 2.05) is 6.07 Å². The first kappa shape index (κ1) is 15.4. The van der Waals surface area contributed by atoms with E-state index in [9.17, 15) is 14.7 Å². The van der Waals surface area contributed by atoms with Crippen molar-refractivity contribution in [3.05, 3.63) is 0 Å². The minimum absolute atomic E-state index is 0.0398. The molecule has 0 fully saturated rings. The molecule has 0 saturated heterocycles. The number of aliphatic carboxylic acids is 1. The van der Waals surface area contributed by atoms with E-state index < -0.39 is 11.4 Å². The van der Waals surface area contributed by atoms with E-state index in [4.69, 9.17) is 5.26 Å².